The quantitative estimate of drug-likeness (QED) is 0.882. The molecule has 1 aliphatic heterocycles. The van der Waals surface area contributed by atoms with Crippen molar-refractivity contribution in [1.29, 1.82) is 0 Å². The van der Waals surface area contributed by atoms with E-state index in [1.54, 1.807) is 0 Å². The van der Waals surface area contributed by atoms with E-state index in [0.717, 1.165) is 22.4 Å². The average Bonchev–Trinajstić information content (AvgIpc) is 2.82. The van der Waals surface area contributed by atoms with Crippen LogP contribution in [0, 0.1) is 0 Å². The highest BCUT2D eigenvalue weighted by atomic mass is 16.4. The molecule has 2 aromatic rings. The van der Waals surface area contributed by atoms with Crippen LogP contribution in [0.15, 0.2) is 48.5 Å². The van der Waals surface area contributed by atoms with Crippen LogP contribution in [-0.2, 0) is 4.79 Å². The van der Waals surface area contributed by atoms with Gasteiger partial charge >= 0.3 is 5.97 Å². The molecule has 0 bridgehead atoms. The van der Waals surface area contributed by atoms with Gasteiger partial charge in [0, 0.05) is 18.2 Å². The largest absolute Gasteiger partial charge is 0.481 e. The Morgan fingerprint density at radius 1 is 1.16 bits per heavy atom. The summed E-state index contributed by atoms with van der Waals surface area (Å²) in [6.07, 6.45) is 0.179. The van der Waals surface area contributed by atoms with Crippen molar-refractivity contribution < 1.29 is 9.90 Å². The van der Waals surface area contributed by atoms with Crippen molar-refractivity contribution in [1.82, 2.24) is 0 Å². The molecule has 1 heterocycles. The van der Waals surface area contributed by atoms with Crippen molar-refractivity contribution in [2.75, 3.05) is 11.9 Å². The minimum atomic E-state index is -0.746. The number of aliphatic carboxylic acids is 1. The molecule has 2 N–H and O–H groups in total. The van der Waals surface area contributed by atoms with Crippen LogP contribution in [0.2, 0.25) is 0 Å². The molecular weight excluding hydrogens is 238 g/mol. The molecule has 0 fully saturated rings. The van der Waals surface area contributed by atoms with E-state index in [1.165, 1.54) is 0 Å². The molecular formula is C16H15NO2. The number of rotatable bonds is 3. The van der Waals surface area contributed by atoms with Gasteiger partial charge in [-0.25, -0.2) is 0 Å². The van der Waals surface area contributed by atoms with Crippen LogP contribution in [0.25, 0.3) is 11.1 Å². The summed E-state index contributed by atoms with van der Waals surface area (Å²) in [7, 11) is 0. The number of benzene rings is 2. The molecule has 0 amide bonds. The number of fused-ring (bicyclic) bond motifs is 1. The number of carbonyl (C=O) groups is 1. The Kier molecular flexibility index (Phi) is 2.95. The summed E-state index contributed by atoms with van der Waals surface area (Å²) < 4.78 is 0. The Labute approximate surface area is 111 Å². The highest BCUT2D eigenvalue weighted by Gasteiger charge is 2.24. The topological polar surface area (TPSA) is 49.3 Å². The smallest absolute Gasteiger partial charge is 0.304 e. The van der Waals surface area contributed by atoms with Gasteiger partial charge in [0.25, 0.3) is 0 Å². The molecule has 96 valence electrons. The number of carboxylic acid groups (broad SMARTS) is 1. The second kappa shape index (κ2) is 4.76. The van der Waals surface area contributed by atoms with Gasteiger partial charge in [0.15, 0.2) is 0 Å². The molecule has 0 spiro atoms. The normalized spacial score (nSPS) is 16.7. The summed E-state index contributed by atoms with van der Waals surface area (Å²) >= 11 is 0. The second-order valence-corrected chi connectivity index (χ2v) is 4.84. The molecule has 0 saturated heterocycles. The van der Waals surface area contributed by atoms with Crippen LogP contribution in [0.4, 0.5) is 5.69 Å². The van der Waals surface area contributed by atoms with E-state index in [-0.39, 0.29) is 12.3 Å². The van der Waals surface area contributed by atoms with Gasteiger partial charge < -0.3 is 10.4 Å². The highest BCUT2D eigenvalue weighted by Crippen LogP contribution is 2.36. The van der Waals surface area contributed by atoms with E-state index in [1.807, 2.05) is 24.3 Å². The van der Waals surface area contributed by atoms with Crippen molar-refractivity contribution in [3.8, 4) is 11.1 Å². The number of carboxylic acids is 1. The fourth-order valence-electron chi connectivity index (χ4n) is 2.61. The minimum absolute atomic E-state index is 0.0659. The molecule has 0 aliphatic carbocycles. The van der Waals surface area contributed by atoms with E-state index in [9.17, 15) is 4.79 Å². The standard InChI is InChI=1S/C16H15NO2/c18-16(19)9-13-10-17-15-7-6-12(8-14(13)15)11-4-2-1-3-5-11/h1-8,13,17H,9-10H2,(H,18,19). The van der Waals surface area contributed by atoms with E-state index in [2.05, 4.69) is 29.6 Å². The summed E-state index contributed by atoms with van der Waals surface area (Å²) in [4.78, 5) is 10.9. The first kappa shape index (κ1) is 11.8. The van der Waals surface area contributed by atoms with Crippen molar-refractivity contribution in [3.05, 3.63) is 54.1 Å². The number of nitrogens with one attached hydrogen (secondary N) is 1. The Bertz CT molecular complexity index is 607. The number of hydrogen-bond acceptors (Lipinski definition) is 2. The van der Waals surface area contributed by atoms with Gasteiger partial charge in [0.2, 0.25) is 0 Å². The van der Waals surface area contributed by atoms with Gasteiger partial charge in [-0.2, -0.15) is 0 Å². The average molecular weight is 253 g/mol. The predicted molar refractivity (Wildman–Crippen MR) is 75.4 cm³/mol. The van der Waals surface area contributed by atoms with Crippen LogP contribution < -0.4 is 5.32 Å². The molecule has 1 aliphatic rings. The molecule has 0 radical (unpaired) electrons. The Morgan fingerprint density at radius 3 is 2.68 bits per heavy atom. The number of hydrogen-bond donors (Lipinski definition) is 2. The molecule has 1 atom stereocenters. The molecule has 3 nitrogen and oxygen atoms in total. The lowest BCUT2D eigenvalue weighted by molar-refractivity contribution is -0.137. The summed E-state index contributed by atoms with van der Waals surface area (Å²) in [5, 5.41) is 12.2. The zero-order valence-corrected chi connectivity index (χ0v) is 10.5. The van der Waals surface area contributed by atoms with Gasteiger partial charge in [-0.3, -0.25) is 4.79 Å². The maximum atomic E-state index is 10.9. The second-order valence-electron chi connectivity index (χ2n) is 4.84. The van der Waals surface area contributed by atoms with Gasteiger partial charge in [0.1, 0.15) is 0 Å². The summed E-state index contributed by atoms with van der Waals surface area (Å²) in [5.41, 5.74) is 4.47. The first-order valence-corrected chi connectivity index (χ1v) is 6.39. The van der Waals surface area contributed by atoms with Gasteiger partial charge in [0.05, 0.1) is 6.42 Å². The molecule has 0 saturated carbocycles. The lowest BCUT2D eigenvalue weighted by Gasteiger charge is -2.09. The molecule has 2 aromatic carbocycles. The van der Waals surface area contributed by atoms with Crippen LogP contribution in [0.5, 0.6) is 0 Å². The van der Waals surface area contributed by atoms with E-state index in [4.69, 9.17) is 5.11 Å². The molecule has 0 aromatic heterocycles. The van der Waals surface area contributed by atoms with E-state index >= 15 is 0 Å². The van der Waals surface area contributed by atoms with Crippen LogP contribution >= 0.6 is 0 Å². The summed E-state index contributed by atoms with van der Waals surface area (Å²) in [6, 6.07) is 16.4. The molecule has 1 unspecified atom stereocenters. The third-order valence-electron chi connectivity index (χ3n) is 3.56. The highest BCUT2D eigenvalue weighted by molar-refractivity contribution is 5.74. The first-order chi connectivity index (χ1) is 9.24. The first-order valence-electron chi connectivity index (χ1n) is 6.39. The van der Waals surface area contributed by atoms with Gasteiger partial charge in [-0.1, -0.05) is 36.4 Å². The zero-order chi connectivity index (χ0) is 13.2. The van der Waals surface area contributed by atoms with Gasteiger partial charge in [-0.05, 0) is 28.8 Å². The Morgan fingerprint density at radius 2 is 1.95 bits per heavy atom. The van der Waals surface area contributed by atoms with Crippen LogP contribution in [0.1, 0.15) is 17.9 Å². The summed E-state index contributed by atoms with van der Waals surface area (Å²) in [6.45, 7) is 0.708. The van der Waals surface area contributed by atoms with E-state index < -0.39 is 5.97 Å². The third-order valence-corrected chi connectivity index (χ3v) is 3.56. The fourth-order valence-corrected chi connectivity index (χ4v) is 2.61. The lowest BCUT2D eigenvalue weighted by Crippen LogP contribution is -2.08. The van der Waals surface area contributed by atoms with Gasteiger partial charge in [-0.15, -0.1) is 0 Å². The maximum absolute atomic E-state index is 10.9. The predicted octanol–water partition coefficient (Wildman–Crippen LogP) is 3.34. The molecule has 3 rings (SSSR count). The van der Waals surface area contributed by atoms with E-state index in [0.29, 0.717) is 6.54 Å². The van der Waals surface area contributed by atoms with Crippen molar-refractivity contribution in [3.63, 3.8) is 0 Å². The fraction of sp³-hybridized carbons (Fsp3) is 0.188. The number of anilines is 1. The third kappa shape index (κ3) is 2.32. The Hall–Kier alpha value is -2.29. The SMILES string of the molecule is O=C(O)CC1CNc2ccc(-c3ccccc3)cc21. The van der Waals surface area contributed by atoms with Crippen molar-refractivity contribution in [2.45, 2.75) is 12.3 Å². The lowest BCUT2D eigenvalue weighted by atomic mass is 9.94. The van der Waals surface area contributed by atoms with Crippen molar-refractivity contribution in [2.24, 2.45) is 0 Å². The monoisotopic (exact) mass is 253 g/mol. The maximum Gasteiger partial charge on any atom is 0.304 e. The summed E-state index contributed by atoms with van der Waals surface area (Å²) in [5.74, 6) is -0.680. The van der Waals surface area contributed by atoms with Crippen LogP contribution in [-0.4, -0.2) is 17.6 Å². The zero-order valence-electron chi connectivity index (χ0n) is 10.5. The minimum Gasteiger partial charge on any atom is -0.481 e. The molecule has 19 heavy (non-hydrogen) atoms. The molecule has 3 heteroatoms. The Balaban J connectivity index is 1.97. The van der Waals surface area contributed by atoms with Crippen LogP contribution in [0.3, 0.4) is 0 Å². The van der Waals surface area contributed by atoms with Crippen molar-refractivity contribution >= 4 is 11.7 Å².